The molecule has 3 aromatic heterocycles. The minimum absolute atomic E-state index is 0.631. The number of fused-ring (bicyclic) bond motifs is 1. The van der Waals surface area contributed by atoms with E-state index in [0.29, 0.717) is 5.82 Å². The molecule has 0 saturated heterocycles. The maximum absolute atomic E-state index is 4.21. The van der Waals surface area contributed by atoms with E-state index >= 15 is 0 Å². The van der Waals surface area contributed by atoms with E-state index in [9.17, 15) is 0 Å². The first-order valence-electron chi connectivity index (χ1n) is 5.97. The van der Waals surface area contributed by atoms with E-state index < -0.39 is 0 Å². The van der Waals surface area contributed by atoms with Crippen molar-refractivity contribution >= 4 is 5.65 Å². The minimum Gasteiger partial charge on any atom is -0.239 e. The van der Waals surface area contributed by atoms with Crippen molar-refractivity contribution in [3.05, 3.63) is 48.9 Å². The van der Waals surface area contributed by atoms with Crippen molar-refractivity contribution < 1.29 is 0 Å². The van der Waals surface area contributed by atoms with Gasteiger partial charge in [0.15, 0.2) is 11.5 Å². The van der Waals surface area contributed by atoms with Crippen molar-refractivity contribution in [2.45, 2.75) is 0 Å². The number of aromatic nitrogens is 7. The average Bonchev–Trinajstić information content (AvgIpc) is 3.18. The lowest BCUT2D eigenvalue weighted by Crippen LogP contribution is -1.92. The van der Waals surface area contributed by atoms with Crippen LogP contribution in [0.15, 0.2) is 42.7 Å². The second-order valence-electron chi connectivity index (χ2n) is 4.21. The van der Waals surface area contributed by atoms with Crippen LogP contribution >= 0.6 is 0 Å². The lowest BCUT2D eigenvalue weighted by atomic mass is 10.0. The molecule has 0 atom stereocenters. The van der Waals surface area contributed by atoms with E-state index in [1.807, 2.05) is 30.3 Å². The van der Waals surface area contributed by atoms with Crippen molar-refractivity contribution in [2.24, 2.45) is 0 Å². The average molecular weight is 262 g/mol. The largest absolute Gasteiger partial charge is 0.239 e. The van der Waals surface area contributed by atoms with Crippen molar-refractivity contribution in [1.29, 1.82) is 0 Å². The summed E-state index contributed by atoms with van der Waals surface area (Å²) in [5.74, 6) is 0.631. The van der Waals surface area contributed by atoms with Gasteiger partial charge in [-0.2, -0.15) is 5.10 Å². The second kappa shape index (κ2) is 4.23. The first-order chi connectivity index (χ1) is 9.92. The Bertz CT molecular complexity index is 863. The molecule has 0 bridgehead atoms. The highest BCUT2D eigenvalue weighted by atomic mass is 15.5. The molecule has 0 amide bonds. The smallest absolute Gasteiger partial charge is 0.179 e. The first kappa shape index (κ1) is 10.8. The van der Waals surface area contributed by atoms with Gasteiger partial charge in [0, 0.05) is 17.3 Å². The van der Waals surface area contributed by atoms with Crippen LogP contribution in [0.4, 0.5) is 0 Å². The van der Waals surface area contributed by atoms with Crippen LogP contribution in [0.2, 0.25) is 0 Å². The zero-order valence-electron chi connectivity index (χ0n) is 10.2. The lowest BCUT2D eigenvalue weighted by Gasteiger charge is -2.04. The summed E-state index contributed by atoms with van der Waals surface area (Å²) in [6.07, 6.45) is 6.24. The normalized spacial score (nSPS) is 11.0. The molecule has 7 heteroatoms. The Kier molecular flexibility index (Phi) is 2.28. The molecule has 0 spiro atoms. The molecule has 3 heterocycles. The van der Waals surface area contributed by atoms with Gasteiger partial charge in [0.05, 0.1) is 6.20 Å². The van der Waals surface area contributed by atoms with Gasteiger partial charge in [0.2, 0.25) is 0 Å². The molecule has 1 aromatic carbocycles. The number of hydrogen-bond donors (Lipinski definition) is 1. The molecule has 0 unspecified atom stereocenters. The van der Waals surface area contributed by atoms with Gasteiger partial charge in [-0.1, -0.05) is 18.2 Å². The van der Waals surface area contributed by atoms with Gasteiger partial charge < -0.3 is 0 Å². The Labute approximate surface area is 113 Å². The molecule has 1 N–H and O–H groups in total. The van der Waals surface area contributed by atoms with Crippen LogP contribution in [0.25, 0.3) is 28.2 Å². The van der Waals surface area contributed by atoms with E-state index in [4.69, 9.17) is 0 Å². The fourth-order valence-corrected chi connectivity index (χ4v) is 2.12. The summed E-state index contributed by atoms with van der Waals surface area (Å²) in [6.45, 7) is 0. The second-order valence-corrected chi connectivity index (χ2v) is 4.21. The van der Waals surface area contributed by atoms with Gasteiger partial charge >= 0.3 is 0 Å². The number of benzene rings is 1. The Hall–Kier alpha value is -3.09. The number of aromatic amines is 1. The molecule has 0 fully saturated rings. The fourth-order valence-electron chi connectivity index (χ4n) is 2.12. The van der Waals surface area contributed by atoms with Gasteiger partial charge in [-0.3, -0.25) is 0 Å². The summed E-state index contributed by atoms with van der Waals surface area (Å²) < 4.78 is 1.69. The third kappa shape index (κ3) is 1.64. The lowest BCUT2D eigenvalue weighted by molar-refractivity contribution is 0.881. The predicted octanol–water partition coefficient (Wildman–Crippen LogP) is 1.38. The number of nitrogens with zero attached hydrogens (tertiary/aromatic N) is 6. The van der Waals surface area contributed by atoms with Crippen molar-refractivity contribution in [2.75, 3.05) is 0 Å². The quantitative estimate of drug-likeness (QED) is 0.590. The SMILES string of the molecule is [c]1cn2nccc(-c3cccc(-c4nnn[nH]4)c3)c2n1. The molecule has 4 rings (SSSR count). The molecular weight excluding hydrogens is 254 g/mol. The zero-order valence-corrected chi connectivity index (χ0v) is 10.2. The summed E-state index contributed by atoms with van der Waals surface area (Å²) in [4.78, 5) is 4.21. The number of imidazole rings is 1. The highest BCUT2D eigenvalue weighted by molar-refractivity contribution is 5.79. The van der Waals surface area contributed by atoms with E-state index in [1.165, 1.54) is 0 Å². The number of tetrazole rings is 1. The Balaban J connectivity index is 1.91. The molecule has 7 nitrogen and oxygen atoms in total. The van der Waals surface area contributed by atoms with Gasteiger partial charge in [0.1, 0.15) is 6.20 Å². The molecular formula is C13H8N7. The molecule has 0 aliphatic rings. The van der Waals surface area contributed by atoms with Gasteiger partial charge in [0.25, 0.3) is 0 Å². The standard InChI is InChI=1S/C13H8N7/c1-2-9(8-10(3-1)12-16-18-19-17-12)11-4-5-15-20-7-6-14-13(11)20/h1-5,7-8H,(H,16,17,18,19). The van der Waals surface area contributed by atoms with E-state index in [1.54, 1.807) is 16.9 Å². The van der Waals surface area contributed by atoms with Crippen LogP contribution in [0.5, 0.6) is 0 Å². The highest BCUT2D eigenvalue weighted by Gasteiger charge is 2.08. The Morgan fingerprint density at radius 3 is 3.00 bits per heavy atom. The van der Waals surface area contributed by atoms with E-state index in [2.05, 4.69) is 36.9 Å². The summed E-state index contributed by atoms with van der Waals surface area (Å²) in [5.41, 5.74) is 3.68. The predicted molar refractivity (Wildman–Crippen MR) is 70.4 cm³/mol. The van der Waals surface area contributed by atoms with Gasteiger partial charge in [-0.15, -0.1) is 5.10 Å². The number of rotatable bonds is 2. The van der Waals surface area contributed by atoms with Crippen molar-refractivity contribution in [1.82, 2.24) is 35.2 Å². The van der Waals surface area contributed by atoms with Gasteiger partial charge in [-0.25, -0.2) is 14.6 Å². The topological polar surface area (TPSA) is 84.6 Å². The number of hydrogen-bond acceptors (Lipinski definition) is 5. The van der Waals surface area contributed by atoms with Crippen LogP contribution in [-0.2, 0) is 0 Å². The van der Waals surface area contributed by atoms with Crippen LogP contribution < -0.4 is 0 Å². The highest BCUT2D eigenvalue weighted by Crippen LogP contribution is 2.26. The van der Waals surface area contributed by atoms with Crippen LogP contribution in [0.1, 0.15) is 0 Å². The molecule has 0 aliphatic heterocycles. The Morgan fingerprint density at radius 1 is 1.15 bits per heavy atom. The van der Waals surface area contributed by atoms with E-state index in [-0.39, 0.29) is 0 Å². The number of H-pyrrole nitrogens is 1. The van der Waals surface area contributed by atoms with Crippen LogP contribution in [0, 0.1) is 6.20 Å². The zero-order chi connectivity index (χ0) is 13.4. The fraction of sp³-hybridized carbons (Fsp3) is 0. The third-order valence-corrected chi connectivity index (χ3v) is 3.03. The molecule has 0 aliphatic carbocycles. The monoisotopic (exact) mass is 262 g/mol. The maximum Gasteiger partial charge on any atom is 0.179 e. The Morgan fingerprint density at radius 2 is 2.10 bits per heavy atom. The summed E-state index contributed by atoms with van der Waals surface area (Å²) in [7, 11) is 0. The summed E-state index contributed by atoms with van der Waals surface area (Å²) in [5, 5.41) is 18.0. The first-order valence-corrected chi connectivity index (χ1v) is 5.97. The van der Waals surface area contributed by atoms with Crippen LogP contribution in [-0.4, -0.2) is 35.2 Å². The molecule has 1 radical (unpaired) electrons. The van der Waals surface area contributed by atoms with E-state index in [0.717, 1.165) is 22.3 Å². The molecule has 4 aromatic rings. The summed E-state index contributed by atoms with van der Waals surface area (Å²) in [6, 6.07) is 9.84. The van der Waals surface area contributed by atoms with Crippen LogP contribution in [0.3, 0.4) is 0 Å². The molecule has 0 saturated carbocycles. The van der Waals surface area contributed by atoms with Crippen molar-refractivity contribution in [3.8, 4) is 22.5 Å². The molecule has 20 heavy (non-hydrogen) atoms. The maximum atomic E-state index is 4.21. The third-order valence-electron chi connectivity index (χ3n) is 3.03. The summed E-state index contributed by atoms with van der Waals surface area (Å²) >= 11 is 0. The molecule has 95 valence electrons. The van der Waals surface area contributed by atoms with Crippen molar-refractivity contribution in [3.63, 3.8) is 0 Å². The van der Waals surface area contributed by atoms with Gasteiger partial charge in [-0.05, 0) is 28.1 Å². The number of nitrogens with one attached hydrogen (secondary N) is 1. The minimum atomic E-state index is 0.631.